The van der Waals surface area contributed by atoms with Crippen LogP contribution in [0.2, 0.25) is 0 Å². The molecule has 0 saturated carbocycles. The zero-order chi connectivity index (χ0) is 17.5. The highest BCUT2D eigenvalue weighted by Gasteiger charge is 2.19. The zero-order valence-corrected chi connectivity index (χ0v) is 14.3. The van der Waals surface area contributed by atoms with Crippen LogP contribution in [-0.4, -0.2) is 30.6 Å². The zero-order valence-electron chi connectivity index (χ0n) is 14.3. The van der Waals surface area contributed by atoms with Crippen LogP contribution in [-0.2, 0) is 17.8 Å². The average molecular weight is 327 g/mol. The van der Waals surface area contributed by atoms with E-state index < -0.39 is 0 Å². The number of rotatable bonds is 3. The van der Waals surface area contributed by atoms with Crippen molar-refractivity contribution < 1.29 is 4.79 Å². The summed E-state index contributed by atoms with van der Waals surface area (Å²) in [6.07, 6.45) is 0.598. The fraction of sp³-hybridized carbons (Fsp3) is 0.412. The molecular formula is C17H21N5O2. The van der Waals surface area contributed by atoms with Crippen molar-refractivity contribution in [1.29, 1.82) is 0 Å². The molecule has 3 aromatic rings. The quantitative estimate of drug-likeness (QED) is 0.791. The molecule has 0 aliphatic heterocycles. The summed E-state index contributed by atoms with van der Waals surface area (Å²) in [5.41, 5.74) is 0.621. The number of carbonyl (C=O) groups excluding carboxylic acids is 1. The Labute approximate surface area is 139 Å². The molecule has 3 rings (SSSR count). The number of hydrogen-bond acceptors (Lipinski definition) is 4. The molecule has 1 N–H and O–H groups in total. The molecule has 2 aromatic heterocycles. The number of para-hydroxylation sites is 1. The summed E-state index contributed by atoms with van der Waals surface area (Å²) in [6, 6.07) is 7.55. The van der Waals surface area contributed by atoms with Crippen molar-refractivity contribution in [2.75, 3.05) is 0 Å². The number of carbonyl (C=O) groups is 1. The Balaban J connectivity index is 2.14. The van der Waals surface area contributed by atoms with E-state index in [0.29, 0.717) is 17.9 Å². The Morgan fingerprint density at radius 2 is 1.96 bits per heavy atom. The standard InChI is InChI=1S/C17H21N5O2/c1-5-13-18-12-9-7-6-8-11(12)15-20-21(16(24)22(13)15)10-14(23)19-17(2,3)4/h6-9H,5,10H2,1-4H3,(H,19,23). The van der Waals surface area contributed by atoms with Gasteiger partial charge in [-0.15, -0.1) is 5.10 Å². The van der Waals surface area contributed by atoms with E-state index in [1.807, 2.05) is 52.0 Å². The number of nitrogens with one attached hydrogen (secondary N) is 1. The highest BCUT2D eigenvalue weighted by molar-refractivity contribution is 5.91. The van der Waals surface area contributed by atoms with E-state index in [4.69, 9.17) is 0 Å². The molecule has 0 radical (unpaired) electrons. The maximum absolute atomic E-state index is 12.7. The van der Waals surface area contributed by atoms with E-state index >= 15 is 0 Å². The summed E-state index contributed by atoms with van der Waals surface area (Å²) in [5.74, 6) is 0.388. The van der Waals surface area contributed by atoms with Gasteiger partial charge in [0, 0.05) is 17.3 Å². The second kappa shape index (κ2) is 5.74. The van der Waals surface area contributed by atoms with Gasteiger partial charge in [0.15, 0.2) is 5.65 Å². The Morgan fingerprint density at radius 1 is 1.25 bits per heavy atom. The Hall–Kier alpha value is -2.70. The summed E-state index contributed by atoms with van der Waals surface area (Å²) in [6.45, 7) is 7.50. The second-order valence-electron chi connectivity index (χ2n) is 6.80. The normalized spacial score (nSPS) is 12.0. The molecule has 24 heavy (non-hydrogen) atoms. The van der Waals surface area contributed by atoms with Crippen LogP contribution in [0.4, 0.5) is 0 Å². The molecule has 0 bridgehead atoms. The van der Waals surface area contributed by atoms with E-state index in [1.54, 1.807) is 0 Å². The van der Waals surface area contributed by atoms with Crippen molar-refractivity contribution in [1.82, 2.24) is 24.5 Å². The van der Waals surface area contributed by atoms with E-state index in [0.717, 1.165) is 10.9 Å². The first-order chi connectivity index (χ1) is 11.3. The molecule has 0 atom stereocenters. The Morgan fingerprint density at radius 3 is 2.62 bits per heavy atom. The van der Waals surface area contributed by atoms with Gasteiger partial charge in [0.05, 0.1) is 5.52 Å². The predicted molar refractivity (Wildman–Crippen MR) is 92.0 cm³/mol. The molecule has 1 aromatic carbocycles. The predicted octanol–water partition coefficient (Wildman–Crippen LogP) is 1.52. The monoisotopic (exact) mass is 327 g/mol. The van der Waals surface area contributed by atoms with Crippen molar-refractivity contribution in [3.63, 3.8) is 0 Å². The molecule has 2 heterocycles. The molecule has 0 spiro atoms. The smallest absolute Gasteiger partial charge is 0.350 e. The molecule has 0 fully saturated rings. The van der Waals surface area contributed by atoms with Crippen molar-refractivity contribution in [3.05, 3.63) is 40.6 Å². The van der Waals surface area contributed by atoms with Crippen molar-refractivity contribution in [2.45, 2.75) is 46.2 Å². The molecule has 0 unspecified atom stereocenters. The van der Waals surface area contributed by atoms with Crippen LogP contribution < -0.4 is 11.0 Å². The SMILES string of the molecule is CCc1nc2ccccc2c2nn(CC(=O)NC(C)(C)C)c(=O)n12. The van der Waals surface area contributed by atoms with Crippen LogP contribution in [0.5, 0.6) is 0 Å². The molecule has 0 aliphatic rings. The van der Waals surface area contributed by atoms with E-state index in [2.05, 4.69) is 15.4 Å². The molecule has 1 amide bonds. The van der Waals surface area contributed by atoms with Crippen LogP contribution >= 0.6 is 0 Å². The number of benzene rings is 1. The average Bonchev–Trinajstić information content (AvgIpc) is 2.82. The van der Waals surface area contributed by atoms with Gasteiger partial charge in [-0.2, -0.15) is 0 Å². The third-order valence-corrected chi connectivity index (χ3v) is 3.62. The van der Waals surface area contributed by atoms with Crippen LogP contribution in [0, 0.1) is 0 Å². The van der Waals surface area contributed by atoms with Gasteiger partial charge < -0.3 is 5.32 Å². The van der Waals surface area contributed by atoms with Crippen LogP contribution in [0.15, 0.2) is 29.1 Å². The van der Waals surface area contributed by atoms with E-state index in [-0.39, 0.29) is 23.7 Å². The number of aromatic nitrogens is 4. The summed E-state index contributed by atoms with van der Waals surface area (Å²) >= 11 is 0. The van der Waals surface area contributed by atoms with Gasteiger partial charge in [0.25, 0.3) is 0 Å². The van der Waals surface area contributed by atoms with Gasteiger partial charge in [-0.05, 0) is 32.9 Å². The lowest BCUT2D eigenvalue weighted by atomic mass is 10.1. The number of nitrogens with zero attached hydrogens (tertiary/aromatic N) is 4. The number of hydrogen-bond donors (Lipinski definition) is 1. The van der Waals surface area contributed by atoms with Crippen molar-refractivity contribution >= 4 is 22.5 Å². The summed E-state index contributed by atoms with van der Waals surface area (Å²) in [7, 11) is 0. The van der Waals surface area contributed by atoms with E-state index in [1.165, 1.54) is 9.08 Å². The first-order valence-corrected chi connectivity index (χ1v) is 7.98. The lowest BCUT2D eigenvalue weighted by molar-refractivity contribution is -0.123. The molecule has 0 aliphatic carbocycles. The van der Waals surface area contributed by atoms with Gasteiger partial charge in [-0.25, -0.2) is 18.9 Å². The van der Waals surface area contributed by atoms with Gasteiger partial charge >= 0.3 is 5.69 Å². The highest BCUT2D eigenvalue weighted by atomic mass is 16.2. The topological polar surface area (TPSA) is 81.3 Å². The maximum atomic E-state index is 12.7. The Bertz CT molecular complexity index is 978. The van der Waals surface area contributed by atoms with Gasteiger partial charge in [-0.3, -0.25) is 4.79 Å². The highest BCUT2D eigenvalue weighted by Crippen LogP contribution is 2.17. The van der Waals surface area contributed by atoms with Gasteiger partial charge in [0.1, 0.15) is 12.4 Å². The molecule has 7 nitrogen and oxygen atoms in total. The molecule has 0 saturated heterocycles. The number of fused-ring (bicyclic) bond motifs is 3. The second-order valence-corrected chi connectivity index (χ2v) is 6.80. The minimum absolute atomic E-state index is 0.116. The minimum atomic E-state index is -0.358. The third-order valence-electron chi connectivity index (χ3n) is 3.62. The molecule has 126 valence electrons. The fourth-order valence-corrected chi connectivity index (χ4v) is 2.70. The lowest BCUT2D eigenvalue weighted by Gasteiger charge is -2.20. The van der Waals surface area contributed by atoms with Gasteiger partial charge in [-0.1, -0.05) is 19.1 Å². The summed E-state index contributed by atoms with van der Waals surface area (Å²) in [5, 5.41) is 8.02. The van der Waals surface area contributed by atoms with Crippen LogP contribution in [0.3, 0.4) is 0 Å². The van der Waals surface area contributed by atoms with E-state index in [9.17, 15) is 9.59 Å². The van der Waals surface area contributed by atoms with Crippen molar-refractivity contribution in [3.8, 4) is 0 Å². The van der Waals surface area contributed by atoms with Gasteiger partial charge in [0.2, 0.25) is 5.91 Å². The van der Waals surface area contributed by atoms with Crippen molar-refractivity contribution in [2.24, 2.45) is 0 Å². The largest absolute Gasteiger partial charge is 0.352 e. The lowest BCUT2D eigenvalue weighted by Crippen LogP contribution is -2.43. The Kier molecular flexibility index (Phi) is 3.87. The third kappa shape index (κ3) is 2.89. The number of amides is 1. The first kappa shape index (κ1) is 16.2. The molecular weight excluding hydrogens is 306 g/mol. The maximum Gasteiger partial charge on any atom is 0.352 e. The molecule has 7 heteroatoms. The van der Waals surface area contributed by atoms with Crippen LogP contribution in [0.25, 0.3) is 16.6 Å². The minimum Gasteiger partial charge on any atom is -0.350 e. The number of aryl methyl sites for hydroxylation is 1. The summed E-state index contributed by atoms with van der Waals surface area (Å²) in [4.78, 5) is 29.4. The van der Waals surface area contributed by atoms with Crippen LogP contribution in [0.1, 0.15) is 33.5 Å². The fourth-order valence-electron chi connectivity index (χ4n) is 2.70. The summed E-state index contributed by atoms with van der Waals surface area (Å²) < 4.78 is 2.69. The first-order valence-electron chi connectivity index (χ1n) is 7.98.